The predicted molar refractivity (Wildman–Crippen MR) is 56.0 cm³/mol. The van der Waals surface area contributed by atoms with E-state index in [0.717, 1.165) is 24.3 Å². The molecule has 0 saturated carbocycles. The van der Waals surface area contributed by atoms with E-state index >= 15 is 0 Å². The molecule has 1 aromatic carbocycles. The lowest BCUT2D eigenvalue weighted by atomic mass is 10.1. The van der Waals surface area contributed by atoms with Crippen molar-refractivity contribution in [3.8, 4) is 0 Å². The van der Waals surface area contributed by atoms with Gasteiger partial charge >= 0.3 is 0 Å². The van der Waals surface area contributed by atoms with Gasteiger partial charge in [0.25, 0.3) is 0 Å². The second-order valence-electron chi connectivity index (χ2n) is 3.53. The minimum Gasteiger partial charge on any atom is -0.399 e. The highest BCUT2D eigenvalue weighted by Gasteiger charge is 2.19. The summed E-state index contributed by atoms with van der Waals surface area (Å²) in [5.74, 6) is -0.297. The Labute approximate surface area is 82.5 Å². The zero-order chi connectivity index (χ0) is 10.1. The number of fused-ring (bicyclic) bond motifs is 1. The van der Waals surface area contributed by atoms with Gasteiger partial charge in [-0.3, -0.25) is 4.79 Å². The Balaban J connectivity index is 2.26. The van der Waals surface area contributed by atoms with Crippen LogP contribution in [0.5, 0.6) is 0 Å². The Morgan fingerprint density at radius 1 is 1.50 bits per heavy atom. The molecule has 0 fully saturated rings. The van der Waals surface area contributed by atoms with Crippen LogP contribution in [0.3, 0.4) is 0 Å². The Kier molecular flexibility index (Phi) is 2.04. The highest BCUT2D eigenvalue weighted by molar-refractivity contribution is 5.80. The molecule has 0 unspecified atom stereocenters. The third kappa shape index (κ3) is 1.51. The fraction of sp³-hybridized carbons (Fsp3) is 0.300. The normalized spacial score (nSPS) is 14.1. The number of nitrogens with zero attached hydrogens (tertiary/aromatic N) is 1. The van der Waals surface area contributed by atoms with E-state index in [2.05, 4.69) is 0 Å². The Bertz CT molecular complexity index is 376. The topological polar surface area (TPSA) is 72.4 Å². The van der Waals surface area contributed by atoms with Crippen molar-refractivity contribution in [1.29, 1.82) is 0 Å². The molecule has 14 heavy (non-hydrogen) atoms. The summed E-state index contributed by atoms with van der Waals surface area (Å²) in [7, 11) is 0. The van der Waals surface area contributed by atoms with Crippen molar-refractivity contribution >= 4 is 17.3 Å². The molecule has 0 aromatic heterocycles. The van der Waals surface area contributed by atoms with Crippen molar-refractivity contribution in [2.24, 2.45) is 5.73 Å². The van der Waals surface area contributed by atoms with E-state index in [0.29, 0.717) is 0 Å². The average molecular weight is 191 g/mol. The Morgan fingerprint density at radius 3 is 3.00 bits per heavy atom. The van der Waals surface area contributed by atoms with Crippen LogP contribution in [-0.4, -0.2) is 19.0 Å². The minimum atomic E-state index is -0.297. The van der Waals surface area contributed by atoms with Gasteiger partial charge in [-0.25, -0.2) is 0 Å². The van der Waals surface area contributed by atoms with Gasteiger partial charge in [-0.15, -0.1) is 0 Å². The molecule has 4 N–H and O–H groups in total. The van der Waals surface area contributed by atoms with Crippen molar-refractivity contribution in [3.63, 3.8) is 0 Å². The van der Waals surface area contributed by atoms with Crippen molar-refractivity contribution < 1.29 is 4.79 Å². The van der Waals surface area contributed by atoms with Gasteiger partial charge in [0.1, 0.15) is 0 Å². The standard InChI is InChI=1S/C10H13N3O/c11-8-1-2-9-7(5-8)3-4-13(9)6-10(12)14/h1-2,5H,3-4,6,11H2,(H2,12,14). The predicted octanol–water partition coefficient (Wildman–Crippen LogP) is 0.117. The summed E-state index contributed by atoms with van der Waals surface area (Å²) in [5, 5.41) is 0. The van der Waals surface area contributed by atoms with Crippen molar-refractivity contribution in [1.82, 2.24) is 0 Å². The summed E-state index contributed by atoms with van der Waals surface area (Å²) >= 11 is 0. The molecule has 2 rings (SSSR count). The quantitative estimate of drug-likeness (QED) is 0.652. The van der Waals surface area contributed by atoms with E-state index in [1.54, 1.807) is 0 Å². The molecule has 0 radical (unpaired) electrons. The summed E-state index contributed by atoms with van der Waals surface area (Å²) in [6, 6.07) is 5.75. The highest BCUT2D eigenvalue weighted by Crippen LogP contribution is 2.28. The molecule has 74 valence electrons. The largest absolute Gasteiger partial charge is 0.399 e. The summed E-state index contributed by atoms with van der Waals surface area (Å²) in [6.07, 6.45) is 0.938. The molecule has 0 atom stereocenters. The first kappa shape index (κ1) is 8.87. The molecule has 1 aliphatic rings. The van der Waals surface area contributed by atoms with Crippen LogP contribution in [-0.2, 0) is 11.2 Å². The number of anilines is 2. The van der Waals surface area contributed by atoms with Crippen molar-refractivity contribution in [2.45, 2.75) is 6.42 Å². The second kappa shape index (κ2) is 3.21. The molecule has 0 aliphatic carbocycles. The number of primary amides is 1. The molecule has 0 spiro atoms. The summed E-state index contributed by atoms with van der Waals surface area (Å²) in [4.78, 5) is 12.8. The Morgan fingerprint density at radius 2 is 2.29 bits per heavy atom. The average Bonchev–Trinajstić information content (AvgIpc) is 2.47. The number of nitrogens with two attached hydrogens (primary N) is 2. The van der Waals surface area contributed by atoms with Gasteiger partial charge in [-0.1, -0.05) is 0 Å². The third-order valence-electron chi connectivity index (χ3n) is 2.44. The van der Waals surface area contributed by atoms with E-state index in [1.807, 2.05) is 23.1 Å². The number of hydrogen-bond donors (Lipinski definition) is 2. The molecule has 1 heterocycles. The maximum absolute atomic E-state index is 10.8. The maximum Gasteiger partial charge on any atom is 0.236 e. The first-order valence-electron chi connectivity index (χ1n) is 4.58. The number of carbonyl (C=O) groups is 1. The molecule has 1 amide bonds. The van der Waals surface area contributed by atoms with Crippen LogP contribution in [0.15, 0.2) is 18.2 Å². The van der Waals surface area contributed by atoms with Crippen molar-refractivity contribution in [3.05, 3.63) is 23.8 Å². The van der Waals surface area contributed by atoms with E-state index in [-0.39, 0.29) is 12.5 Å². The fourth-order valence-corrected chi connectivity index (χ4v) is 1.84. The smallest absolute Gasteiger partial charge is 0.236 e. The van der Waals surface area contributed by atoms with E-state index in [4.69, 9.17) is 11.5 Å². The monoisotopic (exact) mass is 191 g/mol. The first-order chi connectivity index (χ1) is 6.66. The molecule has 4 heteroatoms. The van der Waals surface area contributed by atoms with Crippen LogP contribution in [0.1, 0.15) is 5.56 Å². The minimum absolute atomic E-state index is 0.289. The van der Waals surface area contributed by atoms with Gasteiger partial charge < -0.3 is 16.4 Å². The van der Waals surface area contributed by atoms with Crippen LogP contribution in [0.4, 0.5) is 11.4 Å². The van der Waals surface area contributed by atoms with Gasteiger partial charge in [0.2, 0.25) is 5.91 Å². The zero-order valence-electron chi connectivity index (χ0n) is 7.86. The molecular weight excluding hydrogens is 178 g/mol. The number of rotatable bonds is 2. The molecular formula is C10H13N3O. The van der Waals surface area contributed by atoms with Gasteiger partial charge in [0.15, 0.2) is 0 Å². The number of amides is 1. The van der Waals surface area contributed by atoms with Crippen LogP contribution < -0.4 is 16.4 Å². The van der Waals surface area contributed by atoms with Crippen molar-refractivity contribution in [2.75, 3.05) is 23.7 Å². The van der Waals surface area contributed by atoms with Crippen LogP contribution in [0.25, 0.3) is 0 Å². The van der Waals surface area contributed by atoms with Gasteiger partial charge in [-0.2, -0.15) is 0 Å². The van der Waals surface area contributed by atoms with E-state index in [9.17, 15) is 4.79 Å². The first-order valence-corrected chi connectivity index (χ1v) is 4.58. The number of hydrogen-bond acceptors (Lipinski definition) is 3. The highest BCUT2D eigenvalue weighted by atomic mass is 16.1. The Hall–Kier alpha value is -1.71. The summed E-state index contributed by atoms with van der Waals surface area (Å²) in [5.41, 5.74) is 13.9. The fourth-order valence-electron chi connectivity index (χ4n) is 1.84. The van der Waals surface area contributed by atoms with E-state index in [1.165, 1.54) is 5.56 Å². The van der Waals surface area contributed by atoms with E-state index < -0.39 is 0 Å². The maximum atomic E-state index is 10.8. The molecule has 4 nitrogen and oxygen atoms in total. The molecule has 0 bridgehead atoms. The lowest BCUT2D eigenvalue weighted by molar-refractivity contribution is -0.116. The summed E-state index contributed by atoms with van der Waals surface area (Å²) in [6.45, 7) is 1.14. The molecule has 1 aliphatic heterocycles. The summed E-state index contributed by atoms with van der Waals surface area (Å²) < 4.78 is 0. The SMILES string of the molecule is NC(=O)CN1CCc2cc(N)ccc21. The third-order valence-corrected chi connectivity index (χ3v) is 2.44. The number of carbonyl (C=O) groups excluding carboxylic acids is 1. The second-order valence-corrected chi connectivity index (χ2v) is 3.53. The number of benzene rings is 1. The molecule has 1 aromatic rings. The van der Waals surface area contributed by atoms with Gasteiger partial charge in [0, 0.05) is 17.9 Å². The molecule has 0 saturated heterocycles. The lowest BCUT2D eigenvalue weighted by Crippen LogP contribution is -2.32. The van der Waals surface area contributed by atoms with Crippen LogP contribution in [0.2, 0.25) is 0 Å². The van der Waals surface area contributed by atoms with Crippen LogP contribution >= 0.6 is 0 Å². The lowest BCUT2D eigenvalue weighted by Gasteiger charge is -2.16. The number of nitrogen functional groups attached to an aromatic ring is 1. The van der Waals surface area contributed by atoms with Crippen LogP contribution in [0, 0.1) is 0 Å². The van der Waals surface area contributed by atoms with Gasteiger partial charge in [-0.05, 0) is 30.2 Å². The zero-order valence-corrected chi connectivity index (χ0v) is 7.86. The van der Waals surface area contributed by atoms with Gasteiger partial charge in [0.05, 0.1) is 6.54 Å².